The highest BCUT2D eigenvalue weighted by Gasteiger charge is 2.27. The Morgan fingerprint density at radius 3 is 2.38 bits per heavy atom. The molecule has 3 heteroatoms. The van der Waals surface area contributed by atoms with E-state index in [-0.39, 0.29) is 12.6 Å². The molecule has 0 radical (unpaired) electrons. The summed E-state index contributed by atoms with van der Waals surface area (Å²) >= 11 is 0. The van der Waals surface area contributed by atoms with Crippen molar-refractivity contribution in [1.82, 2.24) is 0 Å². The van der Waals surface area contributed by atoms with Crippen LogP contribution in [0.4, 0.5) is 0 Å². The van der Waals surface area contributed by atoms with Crippen molar-refractivity contribution in [3.05, 3.63) is 0 Å². The third-order valence-corrected chi connectivity index (χ3v) is 2.26. The van der Waals surface area contributed by atoms with Gasteiger partial charge in [0.05, 0.1) is 5.41 Å². The third kappa shape index (κ3) is 4.06. The molecule has 0 aliphatic rings. The summed E-state index contributed by atoms with van der Waals surface area (Å²) in [5.41, 5.74) is -0.458. The maximum absolute atomic E-state index is 10.9. The van der Waals surface area contributed by atoms with Crippen molar-refractivity contribution >= 4 is 12.3 Å². The zero-order chi connectivity index (χ0) is 10.3. The third-order valence-electron chi connectivity index (χ3n) is 2.26. The summed E-state index contributed by atoms with van der Waals surface area (Å²) in [7, 11) is 0. The van der Waals surface area contributed by atoms with Gasteiger partial charge in [0, 0.05) is 6.92 Å². The maximum atomic E-state index is 10.9. The monoisotopic (exact) mass is 186 g/mol. The molecule has 0 saturated carbocycles. The number of hydrogen-bond acceptors (Lipinski definition) is 3. The van der Waals surface area contributed by atoms with E-state index in [4.69, 9.17) is 4.74 Å². The second-order valence-electron chi connectivity index (χ2n) is 3.36. The molecule has 0 amide bonds. The van der Waals surface area contributed by atoms with Crippen LogP contribution in [0.3, 0.4) is 0 Å². The minimum atomic E-state index is -0.458. The van der Waals surface area contributed by atoms with Crippen molar-refractivity contribution in [2.45, 2.75) is 40.0 Å². The van der Waals surface area contributed by atoms with E-state index in [2.05, 4.69) is 0 Å². The van der Waals surface area contributed by atoms with Gasteiger partial charge in [0.2, 0.25) is 0 Å². The fourth-order valence-electron chi connectivity index (χ4n) is 1.27. The molecule has 0 N–H and O–H groups in total. The van der Waals surface area contributed by atoms with Crippen molar-refractivity contribution in [1.29, 1.82) is 0 Å². The first-order chi connectivity index (χ1) is 6.10. The topological polar surface area (TPSA) is 43.4 Å². The lowest BCUT2D eigenvalue weighted by Gasteiger charge is -2.24. The van der Waals surface area contributed by atoms with Crippen LogP contribution in [-0.2, 0) is 14.3 Å². The van der Waals surface area contributed by atoms with Gasteiger partial charge in [-0.05, 0) is 12.8 Å². The molecule has 0 heterocycles. The van der Waals surface area contributed by atoms with E-state index in [1.165, 1.54) is 6.92 Å². The standard InChI is InChI=1S/C10H18O3/c1-4-6-10(5-2,7-11)8-13-9(3)12/h7H,4-6,8H2,1-3H3. The summed E-state index contributed by atoms with van der Waals surface area (Å²) in [6.45, 7) is 5.53. The van der Waals surface area contributed by atoms with Gasteiger partial charge in [0.25, 0.3) is 0 Å². The van der Waals surface area contributed by atoms with E-state index in [9.17, 15) is 9.59 Å². The molecule has 76 valence electrons. The predicted molar refractivity (Wildman–Crippen MR) is 50.3 cm³/mol. The van der Waals surface area contributed by atoms with Gasteiger partial charge >= 0.3 is 5.97 Å². The molecule has 1 unspecified atom stereocenters. The number of carbonyl (C=O) groups excluding carboxylic acids is 2. The normalized spacial score (nSPS) is 14.7. The van der Waals surface area contributed by atoms with Crippen LogP contribution in [0.2, 0.25) is 0 Å². The Labute approximate surface area is 79.5 Å². The van der Waals surface area contributed by atoms with Gasteiger partial charge in [-0.15, -0.1) is 0 Å². The largest absolute Gasteiger partial charge is 0.465 e. The first-order valence-corrected chi connectivity index (χ1v) is 4.70. The van der Waals surface area contributed by atoms with E-state index in [1.54, 1.807) is 0 Å². The van der Waals surface area contributed by atoms with E-state index in [0.29, 0.717) is 0 Å². The molecule has 0 spiro atoms. The van der Waals surface area contributed by atoms with Crippen LogP contribution in [0.5, 0.6) is 0 Å². The van der Waals surface area contributed by atoms with Crippen LogP contribution in [0.1, 0.15) is 40.0 Å². The van der Waals surface area contributed by atoms with Crippen molar-refractivity contribution in [3.63, 3.8) is 0 Å². The van der Waals surface area contributed by atoms with Crippen LogP contribution < -0.4 is 0 Å². The molecule has 0 aromatic rings. The fourth-order valence-corrected chi connectivity index (χ4v) is 1.27. The Morgan fingerprint density at radius 1 is 1.46 bits per heavy atom. The fraction of sp³-hybridized carbons (Fsp3) is 0.800. The second kappa shape index (κ2) is 5.73. The zero-order valence-corrected chi connectivity index (χ0v) is 8.63. The van der Waals surface area contributed by atoms with Crippen molar-refractivity contribution in [3.8, 4) is 0 Å². The number of hydrogen-bond donors (Lipinski definition) is 0. The first kappa shape index (κ1) is 12.1. The molecule has 3 nitrogen and oxygen atoms in total. The van der Waals surface area contributed by atoms with Crippen molar-refractivity contribution < 1.29 is 14.3 Å². The summed E-state index contributed by atoms with van der Waals surface area (Å²) in [5, 5.41) is 0. The highest BCUT2D eigenvalue weighted by molar-refractivity contribution is 5.67. The lowest BCUT2D eigenvalue weighted by atomic mass is 9.83. The zero-order valence-electron chi connectivity index (χ0n) is 8.63. The number of ether oxygens (including phenoxy) is 1. The molecular weight excluding hydrogens is 168 g/mol. The van der Waals surface area contributed by atoms with E-state index in [0.717, 1.165) is 25.5 Å². The molecule has 1 atom stereocenters. The quantitative estimate of drug-likeness (QED) is 0.470. The molecule has 0 saturated heterocycles. The Bertz CT molecular complexity index is 177. The highest BCUT2D eigenvalue weighted by atomic mass is 16.5. The maximum Gasteiger partial charge on any atom is 0.302 e. The molecule has 0 rings (SSSR count). The molecule has 0 bridgehead atoms. The number of rotatable bonds is 6. The van der Waals surface area contributed by atoms with E-state index in [1.807, 2.05) is 13.8 Å². The van der Waals surface area contributed by atoms with Crippen LogP contribution in [-0.4, -0.2) is 18.9 Å². The Balaban J connectivity index is 4.20. The van der Waals surface area contributed by atoms with Gasteiger partial charge in [-0.2, -0.15) is 0 Å². The smallest absolute Gasteiger partial charge is 0.302 e. The molecule has 0 aliphatic heterocycles. The molecular formula is C10H18O3. The number of carbonyl (C=O) groups is 2. The molecule has 0 aromatic heterocycles. The predicted octanol–water partition coefficient (Wildman–Crippen LogP) is 1.94. The highest BCUT2D eigenvalue weighted by Crippen LogP contribution is 2.25. The summed E-state index contributed by atoms with van der Waals surface area (Å²) in [4.78, 5) is 21.5. The SMILES string of the molecule is CCCC(C=O)(CC)COC(C)=O. The van der Waals surface area contributed by atoms with Gasteiger partial charge in [-0.3, -0.25) is 4.79 Å². The summed E-state index contributed by atoms with van der Waals surface area (Å²) in [5.74, 6) is -0.323. The molecule has 13 heavy (non-hydrogen) atoms. The Kier molecular flexibility index (Phi) is 5.35. The molecule has 0 fully saturated rings. The van der Waals surface area contributed by atoms with Crippen LogP contribution in [0.25, 0.3) is 0 Å². The summed E-state index contributed by atoms with van der Waals surface area (Å²) < 4.78 is 4.87. The van der Waals surface area contributed by atoms with E-state index < -0.39 is 5.41 Å². The molecule has 0 aliphatic carbocycles. The summed E-state index contributed by atoms with van der Waals surface area (Å²) in [6.07, 6.45) is 3.34. The minimum absolute atomic E-state index is 0.218. The van der Waals surface area contributed by atoms with Crippen LogP contribution >= 0.6 is 0 Å². The lowest BCUT2D eigenvalue weighted by molar-refractivity contribution is -0.146. The van der Waals surface area contributed by atoms with Gasteiger partial charge in [-0.25, -0.2) is 0 Å². The summed E-state index contributed by atoms with van der Waals surface area (Å²) in [6, 6.07) is 0. The van der Waals surface area contributed by atoms with Crippen LogP contribution in [0, 0.1) is 5.41 Å². The van der Waals surface area contributed by atoms with Gasteiger partial charge in [0.1, 0.15) is 12.9 Å². The van der Waals surface area contributed by atoms with Crippen molar-refractivity contribution in [2.24, 2.45) is 5.41 Å². The Morgan fingerprint density at radius 2 is 2.08 bits per heavy atom. The average molecular weight is 186 g/mol. The number of aldehydes is 1. The first-order valence-electron chi connectivity index (χ1n) is 4.70. The second-order valence-corrected chi connectivity index (χ2v) is 3.36. The van der Waals surface area contributed by atoms with E-state index >= 15 is 0 Å². The van der Waals surface area contributed by atoms with Gasteiger partial charge in [0.15, 0.2) is 0 Å². The van der Waals surface area contributed by atoms with Gasteiger partial charge < -0.3 is 9.53 Å². The van der Waals surface area contributed by atoms with Crippen molar-refractivity contribution in [2.75, 3.05) is 6.61 Å². The molecule has 0 aromatic carbocycles. The Hall–Kier alpha value is -0.860. The van der Waals surface area contributed by atoms with Crippen LogP contribution in [0.15, 0.2) is 0 Å². The average Bonchev–Trinajstić information content (AvgIpc) is 2.12. The van der Waals surface area contributed by atoms with Gasteiger partial charge in [-0.1, -0.05) is 20.3 Å². The lowest BCUT2D eigenvalue weighted by Crippen LogP contribution is -2.28. The number of esters is 1. The minimum Gasteiger partial charge on any atom is -0.465 e.